The van der Waals surface area contributed by atoms with E-state index in [-0.39, 0.29) is 22.6 Å². The molecular formula is C20H23N3O4S. The predicted octanol–water partition coefficient (Wildman–Crippen LogP) is 3.44. The highest BCUT2D eigenvalue weighted by Crippen LogP contribution is 2.39. The van der Waals surface area contributed by atoms with Crippen LogP contribution in [-0.2, 0) is 4.79 Å². The molecular weight excluding hydrogens is 378 g/mol. The molecule has 148 valence electrons. The molecule has 0 spiro atoms. The summed E-state index contributed by atoms with van der Waals surface area (Å²) in [6.07, 6.45) is 6.04. The van der Waals surface area contributed by atoms with Gasteiger partial charge in [0.2, 0.25) is 5.88 Å². The number of hydrogen-bond donors (Lipinski definition) is 3. The number of H-pyrrole nitrogens is 1. The Balaban J connectivity index is 1.92. The van der Waals surface area contributed by atoms with Crippen LogP contribution in [-0.4, -0.2) is 38.5 Å². The molecule has 0 unspecified atom stereocenters. The maximum atomic E-state index is 12.3. The van der Waals surface area contributed by atoms with E-state index in [1.807, 2.05) is 6.07 Å². The summed E-state index contributed by atoms with van der Waals surface area (Å²) in [7, 11) is 0. The Labute approximate surface area is 167 Å². The van der Waals surface area contributed by atoms with E-state index < -0.39 is 16.9 Å². The van der Waals surface area contributed by atoms with E-state index in [1.54, 1.807) is 24.3 Å². The van der Waals surface area contributed by atoms with Crippen LogP contribution in [0.25, 0.3) is 5.69 Å². The number of rotatable bonds is 6. The van der Waals surface area contributed by atoms with Gasteiger partial charge in [-0.25, -0.2) is 0 Å². The lowest BCUT2D eigenvalue weighted by molar-refractivity contribution is -0.140. The van der Waals surface area contributed by atoms with Crippen LogP contribution in [0.15, 0.2) is 40.1 Å². The number of hydrogen-bond acceptors (Lipinski definition) is 5. The molecule has 1 aliphatic rings. The summed E-state index contributed by atoms with van der Waals surface area (Å²) in [4.78, 5) is 30.5. The van der Waals surface area contributed by atoms with Gasteiger partial charge < -0.3 is 10.2 Å². The number of aromatic nitrogens is 2. The molecule has 3 rings (SSSR count). The number of aromatic hydroxyl groups is 1. The van der Waals surface area contributed by atoms with Gasteiger partial charge in [0.15, 0.2) is 4.77 Å². The molecule has 1 heterocycles. The van der Waals surface area contributed by atoms with Gasteiger partial charge in [0.25, 0.3) is 5.56 Å². The molecule has 1 aliphatic carbocycles. The predicted molar refractivity (Wildman–Crippen MR) is 109 cm³/mol. The van der Waals surface area contributed by atoms with Gasteiger partial charge in [-0.2, -0.15) is 0 Å². The lowest BCUT2D eigenvalue weighted by Gasteiger charge is -2.34. The summed E-state index contributed by atoms with van der Waals surface area (Å²) in [5.74, 6) is -1.13. The van der Waals surface area contributed by atoms with Crippen LogP contribution >= 0.6 is 12.2 Å². The second kappa shape index (κ2) is 8.52. The standard InChI is InChI=1S/C20H23N3O4S/c24-16(25)11-20(9-5-2-6-10-20)13-21-12-15-17(26)22-19(28)23(18(15)27)14-7-3-1-4-8-14/h1,3-4,7-8,12,27H,2,5-6,9-11,13H2,(H,24,25)(H,22,26,28). The Morgan fingerprint density at radius 3 is 2.57 bits per heavy atom. The van der Waals surface area contributed by atoms with Gasteiger partial charge in [-0.15, -0.1) is 0 Å². The summed E-state index contributed by atoms with van der Waals surface area (Å²) in [5, 5.41) is 19.9. The summed E-state index contributed by atoms with van der Waals surface area (Å²) >= 11 is 5.19. The maximum Gasteiger partial charge on any atom is 0.303 e. The Kier molecular flexibility index (Phi) is 6.08. The quantitative estimate of drug-likeness (QED) is 0.508. The maximum absolute atomic E-state index is 12.3. The largest absolute Gasteiger partial charge is 0.494 e. The van der Waals surface area contributed by atoms with Gasteiger partial charge >= 0.3 is 5.97 Å². The normalized spacial score (nSPS) is 16.3. The van der Waals surface area contributed by atoms with Crippen molar-refractivity contribution in [1.82, 2.24) is 9.55 Å². The molecule has 0 bridgehead atoms. The molecule has 0 amide bonds. The Hall–Kier alpha value is -2.74. The van der Waals surface area contributed by atoms with Crippen LogP contribution < -0.4 is 5.56 Å². The number of benzene rings is 1. The Morgan fingerprint density at radius 2 is 1.93 bits per heavy atom. The fraction of sp³-hybridized carbons (Fsp3) is 0.400. The molecule has 1 saturated carbocycles. The van der Waals surface area contributed by atoms with Crippen molar-refractivity contribution in [3.05, 3.63) is 51.0 Å². The minimum Gasteiger partial charge on any atom is -0.494 e. The number of para-hydroxylation sites is 1. The zero-order valence-electron chi connectivity index (χ0n) is 15.4. The van der Waals surface area contributed by atoms with Gasteiger partial charge in [-0.05, 0) is 37.2 Å². The Bertz CT molecular complexity index is 989. The summed E-state index contributed by atoms with van der Waals surface area (Å²) < 4.78 is 1.45. The smallest absolute Gasteiger partial charge is 0.303 e. The average molecular weight is 401 g/mol. The van der Waals surface area contributed by atoms with Crippen LogP contribution in [0, 0.1) is 10.2 Å². The third kappa shape index (κ3) is 4.39. The number of carbonyl (C=O) groups is 1. The van der Waals surface area contributed by atoms with Gasteiger partial charge in [0.1, 0.15) is 5.56 Å². The third-order valence-corrected chi connectivity index (χ3v) is 5.51. The van der Waals surface area contributed by atoms with E-state index in [4.69, 9.17) is 12.2 Å². The second-order valence-electron chi connectivity index (χ2n) is 7.27. The summed E-state index contributed by atoms with van der Waals surface area (Å²) in [6, 6.07) is 8.96. The fourth-order valence-corrected chi connectivity index (χ4v) is 4.10. The monoisotopic (exact) mass is 401 g/mol. The number of carboxylic acid groups (broad SMARTS) is 1. The molecule has 1 fully saturated rings. The number of aliphatic carboxylic acids is 1. The van der Waals surface area contributed by atoms with Crippen LogP contribution in [0.3, 0.4) is 0 Å². The molecule has 2 aromatic rings. The van der Waals surface area contributed by atoms with Gasteiger partial charge in [-0.1, -0.05) is 37.5 Å². The summed E-state index contributed by atoms with van der Waals surface area (Å²) in [6.45, 7) is 0.305. The van der Waals surface area contributed by atoms with E-state index in [0.29, 0.717) is 12.2 Å². The van der Waals surface area contributed by atoms with E-state index in [2.05, 4.69) is 9.98 Å². The van der Waals surface area contributed by atoms with E-state index in [9.17, 15) is 19.8 Å². The molecule has 0 radical (unpaired) electrons. The number of carboxylic acids is 1. The Morgan fingerprint density at radius 1 is 1.25 bits per heavy atom. The second-order valence-corrected chi connectivity index (χ2v) is 7.66. The highest BCUT2D eigenvalue weighted by molar-refractivity contribution is 7.71. The topological polar surface area (TPSA) is 108 Å². The molecule has 3 N–H and O–H groups in total. The van der Waals surface area contributed by atoms with Crippen molar-refractivity contribution in [2.45, 2.75) is 38.5 Å². The number of nitrogens with one attached hydrogen (secondary N) is 1. The third-order valence-electron chi connectivity index (χ3n) is 5.22. The zero-order chi connectivity index (χ0) is 20.1. The first kappa shape index (κ1) is 20.0. The van der Waals surface area contributed by atoms with E-state index >= 15 is 0 Å². The molecule has 7 nitrogen and oxygen atoms in total. The molecule has 0 aliphatic heterocycles. The van der Waals surface area contributed by atoms with Gasteiger partial charge in [0.05, 0.1) is 12.1 Å². The number of nitrogens with zero attached hydrogens (tertiary/aromatic N) is 2. The fourth-order valence-electron chi connectivity index (χ4n) is 3.82. The first-order valence-electron chi connectivity index (χ1n) is 9.27. The highest BCUT2D eigenvalue weighted by atomic mass is 32.1. The van der Waals surface area contributed by atoms with Crippen molar-refractivity contribution >= 4 is 24.4 Å². The van der Waals surface area contributed by atoms with Gasteiger partial charge in [0, 0.05) is 18.2 Å². The zero-order valence-corrected chi connectivity index (χ0v) is 16.2. The number of aliphatic imine (C=N–C) groups is 1. The van der Waals surface area contributed by atoms with Crippen LogP contribution in [0.5, 0.6) is 5.88 Å². The van der Waals surface area contributed by atoms with E-state index in [1.165, 1.54) is 10.8 Å². The van der Waals surface area contributed by atoms with Crippen molar-refractivity contribution < 1.29 is 15.0 Å². The lowest BCUT2D eigenvalue weighted by atomic mass is 9.72. The first-order chi connectivity index (χ1) is 13.4. The molecule has 0 atom stereocenters. The molecule has 1 aromatic heterocycles. The minimum atomic E-state index is -0.838. The van der Waals surface area contributed by atoms with Crippen LogP contribution in [0.4, 0.5) is 0 Å². The van der Waals surface area contributed by atoms with Crippen molar-refractivity contribution in [3.63, 3.8) is 0 Å². The van der Waals surface area contributed by atoms with Crippen molar-refractivity contribution in [3.8, 4) is 11.6 Å². The highest BCUT2D eigenvalue weighted by Gasteiger charge is 2.34. The SMILES string of the molecule is O=C(O)CC1(CN=Cc2c(O)n(-c3ccccc3)c(=S)[nH]c2=O)CCCCC1. The molecule has 0 saturated heterocycles. The lowest BCUT2D eigenvalue weighted by Crippen LogP contribution is -2.30. The average Bonchev–Trinajstić information content (AvgIpc) is 2.65. The first-order valence-corrected chi connectivity index (χ1v) is 9.68. The van der Waals surface area contributed by atoms with Crippen molar-refractivity contribution in [2.24, 2.45) is 10.4 Å². The number of aromatic amines is 1. The molecule has 1 aromatic carbocycles. The van der Waals surface area contributed by atoms with Crippen LogP contribution in [0.1, 0.15) is 44.1 Å². The van der Waals surface area contributed by atoms with Crippen LogP contribution in [0.2, 0.25) is 0 Å². The van der Waals surface area contributed by atoms with Crippen molar-refractivity contribution in [1.29, 1.82) is 0 Å². The van der Waals surface area contributed by atoms with Gasteiger partial charge in [-0.3, -0.25) is 24.1 Å². The summed E-state index contributed by atoms with van der Waals surface area (Å²) in [5.41, 5.74) is -0.310. The minimum absolute atomic E-state index is 0.00117. The molecule has 28 heavy (non-hydrogen) atoms. The molecule has 8 heteroatoms. The van der Waals surface area contributed by atoms with Crippen molar-refractivity contribution in [2.75, 3.05) is 6.54 Å². The van der Waals surface area contributed by atoms with E-state index in [0.717, 1.165) is 32.1 Å².